The molecule has 0 aliphatic carbocycles. The van der Waals surface area contributed by atoms with E-state index >= 15 is 0 Å². The van der Waals surface area contributed by atoms with E-state index in [1.54, 1.807) is 12.1 Å². The maximum absolute atomic E-state index is 10.8. The van der Waals surface area contributed by atoms with E-state index in [0.29, 0.717) is 11.4 Å². The van der Waals surface area contributed by atoms with Gasteiger partial charge in [0.05, 0.1) is 10.6 Å². The van der Waals surface area contributed by atoms with Gasteiger partial charge in [0.25, 0.3) is 5.69 Å². The summed E-state index contributed by atoms with van der Waals surface area (Å²) >= 11 is 0. The van der Waals surface area contributed by atoms with Crippen molar-refractivity contribution in [3.05, 3.63) is 106 Å². The first-order valence-corrected chi connectivity index (χ1v) is 8.01. The van der Waals surface area contributed by atoms with Crippen molar-refractivity contribution in [3.8, 4) is 0 Å². The van der Waals surface area contributed by atoms with Crippen LogP contribution in [0.3, 0.4) is 0 Å². The SMILES string of the molecule is O=[N+]([O-])c1ccc(N/N=C(\c2ccccc2)C(O)c2ccccc2)cc1. The zero-order valence-electron chi connectivity index (χ0n) is 13.8. The van der Waals surface area contributed by atoms with Gasteiger partial charge in [-0.05, 0) is 17.7 Å². The lowest BCUT2D eigenvalue weighted by Crippen LogP contribution is -2.15. The van der Waals surface area contributed by atoms with Gasteiger partial charge in [0.15, 0.2) is 0 Å². The van der Waals surface area contributed by atoms with Gasteiger partial charge in [-0.3, -0.25) is 15.5 Å². The molecular weight excluding hydrogens is 330 g/mol. The molecule has 0 saturated carbocycles. The highest BCUT2D eigenvalue weighted by atomic mass is 16.6. The van der Waals surface area contributed by atoms with Gasteiger partial charge < -0.3 is 5.11 Å². The van der Waals surface area contributed by atoms with E-state index in [-0.39, 0.29) is 5.69 Å². The maximum atomic E-state index is 10.8. The first kappa shape index (κ1) is 17.3. The van der Waals surface area contributed by atoms with Gasteiger partial charge in [-0.2, -0.15) is 5.10 Å². The Kier molecular flexibility index (Phi) is 5.36. The van der Waals surface area contributed by atoms with Crippen LogP contribution in [0.5, 0.6) is 0 Å². The third-order valence-electron chi connectivity index (χ3n) is 3.83. The molecule has 0 aliphatic rings. The molecule has 2 N–H and O–H groups in total. The second-order valence-corrected chi connectivity index (χ2v) is 5.59. The standard InChI is InChI=1S/C20H17N3O3/c24-20(16-9-5-2-6-10-16)19(15-7-3-1-4-8-15)22-21-17-11-13-18(14-12-17)23(25)26/h1-14,20-21,24H/b22-19+. The number of nitrogens with zero attached hydrogens (tertiary/aromatic N) is 2. The van der Waals surface area contributed by atoms with Crippen molar-refractivity contribution in [3.63, 3.8) is 0 Å². The summed E-state index contributed by atoms with van der Waals surface area (Å²) in [7, 11) is 0. The van der Waals surface area contributed by atoms with E-state index in [9.17, 15) is 15.2 Å². The Hall–Kier alpha value is -3.51. The fourth-order valence-corrected chi connectivity index (χ4v) is 2.47. The van der Waals surface area contributed by atoms with Crippen LogP contribution < -0.4 is 5.43 Å². The lowest BCUT2D eigenvalue weighted by molar-refractivity contribution is -0.384. The fourth-order valence-electron chi connectivity index (χ4n) is 2.47. The van der Waals surface area contributed by atoms with Crippen LogP contribution in [0.4, 0.5) is 11.4 Å². The highest BCUT2D eigenvalue weighted by Crippen LogP contribution is 2.21. The number of benzene rings is 3. The van der Waals surface area contributed by atoms with Crippen molar-refractivity contribution in [2.45, 2.75) is 6.10 Å². The second kappa shape index (κ2) is 8.04. The number of nitrogens with one attached hydrogen (secondary N) is 1. The van der Waals surface area contributed by atoms with Crippen molar-refractivity contribution < 1.29 is 10.0 Å². The van der Waals surface area contributed by atoms with Crippen LogP contribution in [0.25, 0.3) is 0 Å². The zero-order chi connectivity index (χ0) is 18.4. The highest BCUT2D eigenvalue weighted by molar-refractivity contribution is 6.04. The summed E-state index contributed by atoms with van der Waals surface area (Å²) in [6, 6.07) is 24.5. The number of anilines is 1. The molecule has 3 aromatic carbocycles. The van der Waals surface area contributed by atoms with E-state index < -0.39 is 11.0 Å². The largest absolute Gasteiger partial charge is 0.382 e. The molecule has 6 heteroatoms. The summed E-state index contributed by atoms with van der Waals surface area (Å²) in [5, 5.41) is 25.9. The Bertz CT molecular complexity index is 895. The van der Waals surface area contributed by atoms with Gasteiger partial charge in [-0.15, -0.1) is 0 Å². The van der Waals surface area contributed by atoms with E-state index in [0.717, 1.165) is 11.1 Å². The number of nitro groups is 1. The first-order valence-electron chi connectivity index (χ1n) is 8.01. The predicted molar refractivity (Wildman–Crippen MR) is 101 cm³/mol. The van der Waals surface area contributed by atoms with E-state index in [2.05, 4.69) is 10.5 Å². The molecule has 0 heterocycles. The highest BCUT2D eigenvalue weighted by Gasteiger charge is 2.17. The number of hydrogen-bond acceptors (Lipinski definition) is 5. The van der Waals surface area contributed by atoms with Gasteiger partial charge in [-0.1, -0.05) is 60.7 Å². The Balaban J connectivity index is 1.90. The van der Waals surface area contributed by atoms with Crippen molar-refractivity contribution >= 4 is 17.1 Å². The molecule has 0 aromatic heterocycles. The van der Waals surface area contributed by atoms with E-state index in [1.807, 2.05) is 60.7 Å². The average molecular weight is 347 g/mol. The van der Waals surface area contributed by atoms with Crippen LogP contribution in [-0.4, -0.2) is 15.7 Å². The second-order valence-electron chi connectivity index (χ2n) is 5.59. The van der Waals surface area contributed by atoms with Gasteiger partial charge in [0, 0.05) is 17.7 Å². The average Bonchev–Trinajstić information content (AvgIpc) is 2.70. The molecule has 0 bridgehead atoms. The molecule has 0 saturated heterocycles. The normalized spacial score (nSPS) is 12.4. The number of hydrazone groups is 1. The number of non-ortho nitro benzene ring substituents is 1. The summed E-state index contributed by atoms with van der Waals surface area (Å²) < 4.78 is 0. The molecule has 1 atom stereocenters. The number of aliphatic hydroxyl groups is 1. The van der Waals surface area contributed by atoms with Crippen molar-refractivity contribution in [1.82, 2.24) is 0 Å². The maximum Gasteiger partial charge on any atom is 0.269 e. The van der Waals surface area contributed by atoms with Crippen molar-refractivity contribution in [2.75, 3.05) is 5.43 Å². The monoisotopic (exact) mass is 347 g/mol. The molecule has 0 spiro atoms. The van der Waals surface area contributed by atoms with Crippen LogP contribution in [0.15, 0.2) is 90.0 Å². The van der Waals surface area contributed by atoms with Crippen molar-refractivity contribution in [1.29, 1.82) is 0 Å². The van der Waals surface area contributed by atoms with Crippen molar-refractivity contribution in [2.24, 2.45) is 5.10 Å². The lowest BCUT2D eigenvalue weighted by Gasteiger charge is -2.15. The molecule has 0 fully saturated rings. The third kappa shape index (κ3) is 4.12. The van der Waals surface area contributed by atoms with Crippen LogP contribution in [0.2, 0.25) is 0 Å². The Morgan fingerprint density at radius 2 is 1.50 bits per heavy atom. The van der Waals surface area contributed by atoms with Gasteiger partial charge in [0.1, 0.15) is 11.8 Å². The van der Waals surface area contributed by atoms with Crippen LogP contribution >= 0.6 is 0 Å². The molecule has 3 rings (SSSR count). The molecular formula is C20H17N3O3. The number of nitro benzene ring substituents is 1. The molecule has 3 aromatic rings. The summed E-state index contributed by atoms with van der Waals surface area (Å²) in [5.41, 5.74) is 5.41. The molecule has 130 valence electrons. The van der Waals surface area contributed by atoms with E-state index in [1.165, 1.54) is 12.1 Å². The number of rotatable bonds is 6. The van der Waals surface area contributed by atoms with Crippen LogP contribution in [-0.2, 0) is 0 Å². The Labute approximate surface area is 150 Å². The number of aliphatic hydroxyl groups excluding tert-OH is 1. The quantitative estimate of drug-likeness (QED) is 0.398. The molecule has 1 unspecified atom stereocenters. The topological polar surface area (TPSA) is 87.8 Å². The van der Waals surface area contributed by atoms with Gasteiger partial charge >= 0.3 is 0 Å². The minimum absolute atomic E-state index is 0.00660. The molecule has 26 heavy (non-hydrogen) atoms. The first-order chi connectivity index (χ1) is 12.6. The smallest absolute Gasteiger partial charge is 0.269 e. The van der Waals surface area contributed by atoms with Crippen LogP contribution in [0.1, 0.15) is 17.2 Å². The van der Waals surface area contributed by atoms with Gasteiger partial charge in [0.2, 0.25) is 0 Å². The minimum Gasteiger partial charge on any atom is -0.382 e. The Morgan fingerprint density at radius 3 is 2.08 bits per heavy atom. The summed E-state index contributed by atoms with van der Waals surface area (Å²) in [5.74, 6) is 0. The Morgan fingerprint density at radius 1 is 0.923 bits per heavy atom. The minimum atomic E-state index is -0.913. The van der Waals surface area contributed by atoms with Gasteiger partial charge in [-0.25, -0.2) is 0 Å². The number of hydrogen-bond donors (Lipinski definition) is 2. The van der Waals surface area contributed by atoms with Crippen LogP contribution in [0, 0.1) is 10.1 Å². The molecule has 0 radical (unpaired) electrons. The zero-order valence-corrected chi connectivity index (χ0v) is 13.8. The fraction of sp³-hybridized carbons (Fsp3) is 0.0500. The summed E-state index contributed by atoms with van der Waals surface area (Å²) in [4.78, 5) is 10.3. The predicted octanol–water partition coefficient (Wildman–Crippen LogP) is 4.14. The lowest BCUT2D eigenvalue weighted by atomic mass is 9.99. The molecule has 0 amide bonds. The summed E-state index contributed by atoms with van der Waals surface area (Å²) in [6.07, 6.45) is -0.913. The van der Waals surface area contributed by atoms with E-state index in [4.69, 9.17) is 0 Å². The summed E-state index contributed by atoms with van der Waals surface area (Å²) in [6.45, 7) is 0. The molecule has 6 nitrogen and oxygen atoms in total. The molecule has 0 aliphatic heterocycles. The third-order valence-corrected chi connectivity index (χ3v) is 3.83.